The average Bonchev–Trinajstić information content (AvgIpc) is 3.04. The summed E-state index contributed by atoms with van der Waals surface area (Å²) in [6.45, 7) is 4.87. The van der Waals surface area contributed by atoms with E-state index in [-0.39, 0.29) is 5.41 Å². The van der Waals surface area contributed by atoms with E-state index in [1.54, 1.807) is 0 Å². The van der Waals surface area contributed by atoms with Crippen molar-refractivity contribution in [2.24, 2.45) is 17.8 Å². The van der Waals surface area contributed by atoms with E-state index < -0.39 is 0 Å². The van der Waals surface area contributed by atoms with Gasteiger partial charge >= 0.3 is 0 Å². The van der Waals surface area contributed by atoms with Gasteiger partial charge in [-0.3, -0.25) is 0 Å². The van der Waals surface area contributed by atoms with Crippen LogP contribution in [0.3, 0.4) is 0 Å². The summed E-state index contributed by atoms with van der Waals surface area (Å²) < 4.78 is 0. The molecule has 4 nitrogen and oxygen atoms in total. The van der Waals surface area contributed by atoms with E-state index in [0.717, 1.165) is 45.6 Å². The molecule has 2 bridgehead atoms. The molecule has 1 heterocycles. The molecule has 0 amide bonds. The van der Waals surface area contributed by atoms with Gasteiger partial charge in [0.15, 0.2) is 17.5 Å². The summed E-state index contributed by atoms with van der Waals surface area (Å²) in [6, 6.07) is 37.4. The van der Waals surface area contributed by atoms with Crippen LogP contribution in [0.2, 0.25) is 0 Å². The summed E-state index contributed by atoms with van der Waals surface area (Å²) >= 11 is 0. The van der Waals surface area contributed by atoms with Crippen molar-refractivity contribution in [2.45, 2.75) is 51.4 Å². The molecule has 4 aromatic carbocycles. The molecule has 2 saturated carbocycles. The smallest absolute Gasteiger partial charge is 0.164 e. The molecule has 2 fully saturated rings. The molecule has 0 spiro atoms. The van der Waals surface area contributed by atoms with Crippen molar-refractivity contribution in [3.63, 3.8) is 0 Å². The summed E-state index contributed by atoms with van der Waals surface area (Å²) in [5, 5.41) is 10.1. The van der Waals surface area contributed by atoms with Gasteiger partial charge in [-0.1, -0.05) is 98.8 Å². The highest BCUT2D eigenvalue weighted by Gasteiger charge is 2.45. The standard InChI is InChI=1S/C39H36N4/c1-26-19-28-20-27(2)23-39(22-26,24-28)34-17-15-29(16-18-34)35-21-32(13-14-33(35)25-40)38-42-36(30-9-5-3-6-10-30)41-37(43-38)31-11-7-4-8-12-31/h3-18,21,26-28H,19-20,22-24H2,1-2H3/t26-,27+,28?,39?. The maximum Gasteiger partial charge on any atom is 0.164 e. The summed E-state index contributed by atoms with van der Waals surface area (Å²) in [5.74, 6) is 4.23. The number of hydrogen-bond donors (Lipinski definition) is 0. The third kappa shape index (κ3) is 5.37. The minimum absolute atomic E-state index is 0.283. The molecule has 2 aliphatic carbocycles. The summed E-state index contributed by atoms with van der Waals surface area (Å²) in [6.07, 6.45) is 6.61. The van der Waals surface area contributed by atoms with E-state index in [1.807, 2.05) is 72.8 Å². The summed E-state index contributed by atoms with van der Waals surface area (Å²) in [5.41, 5.74) is 7.07. The molecule has 212 valence electrons. The van der Waals surface area contributed by atoms with Crippen molar-refractivity contribution < 1.29 is 0 Å². The Bertz CT molecular complexity index is 1710. The minimum Gasteiger partial charge on any atom is -0.208 e. The number of rotatable bonds is 5. The van der Waals surface area contributed by atoms with Crippen molar-refractivity contribution in [3.05, 3.63) is 114 Å². The van der Waals surface area contributed by atoms with Gasteiger partial charge < -0.3 is 0 Å². The highest BCUT2D eigenvalue weighted by Crippen LogP contribution is 2.54. The second-order valence-corrected chi connectivity index (χ2v) is 12.9. The molecule has 0 saturated heterocycles. The van der Waals surface area contributed by atoms with Crippen LogP contribution in [0, 0.1) is 29.1 Å². The normalized spacial score (nSPS) is 23.0. The Morgan fingerprint density at radius 1 is 0.605 bits per heavy atom. The van der Waals surface area contributed by atoms with Gasteiger partial charge in [0.1, 0.15) is 0 Å². The molecule has 0 aliphatic heterocycles. The lowest BCUT2D eigenvalue weighted by Gasteiger charge is -2.50. The zero-order chi connectivity index (χ0) is 29.4. The van der Waals surface area contributed by atoms with Crippen LogP contribution in [-0.4, -0.2) is 15.0 Å². The topological polar surface area (TPSA) is 62.5 Å². The number of benzene rings is 4. The maximum atomic E-state index is 10.1. The second kappa shape index (κ2) is 11.2. The SMILES string of the molecule is C[C@@H]1CC2C[C@H](C)CC(c3ccc(-c4cc(-c5nc(-c6ccccc6)nc(-c6ccccc6)n5)ccc4C#N)cc3)(C2)C1. The third-order valence-corrected chi connectivity index (χ3v) is 9.54. The number of aromatic nitrogens is 3. The predicted molar refractivity (Wildman–Crippen MR) is 173 cm³/mol. The van der Waals surface area contributed by atoms with Crippen molar-refractivity contribution >= 4 is 0 Å². The lowest BCUT2D eigenvalue weighted by Crippen LogP contribution is -2.42. The maximum absolute atomic E-state index is 10.1. The summed E-state index contributed by atoms with van der Waals surface area (Å²) in [4.78, 5) is 14.6. The fraction of sp³-hybridized carbons (Fsp3) is 0.282. The van der Waals surface area contributed by atoms with E-state index >= 15 is 0 Å². The van der Waals surface area contributed by atoms with Crippen molar-refractivity contribution in [1.29, 1.82) is 5.26 Å². The van der Waals surface area contributed by atoms with Gasteiger partial charge in [0.25, 0.3) is 0 Å². The van der Waals surface area contributed by atoms with Gasteiger partial charge in [0.2, 0.25) is 0 Å². The Morgan fingerprint density at radius 2 is 1.12 bits per heavy atom. The Morgan fingerprint density at radius 3 is 1.65 bits per heavy atom. The lowest BCUT2D eigenvalue weighted by atomic mass is 9.54. The van der Waals surface area contributed by atoms with Crippen molar-refractivity contribution in [1.82, 2.24) is 15.0 Å². The Balaban J connectivity index is 1.29. The quantitative estimate of drug-likeness (QED) is 0.215. The minimum atomic E-state index is 0.283. The van der Waals surface area contributed by atoms with Gasteiger partial charge in [-0.2, -0.15) is 5.26 Å². The zero-order valence-corrected chi connectivity index (χ0v) is 24.9. The molecule has 2 aliphatic rings. The first-order chi connectivity index (χ1) is 21.0. The fourth-order valence-electron chi connectivity index (χ4n) is 8.02. The molecule has 0 N–H and O–H groups in total. The van der Waals surface area contributed by atoms with Crippen LogP contribution in [0.25, 0.3) is 45.3 Å². The van der Waals surface area contributed by atoms with Crippen LogP contribution in [0.5, 0.6) is 0 Å². The molecule has 0 radical (unpaired) electrons. The van der Waals surface area contributed by atoms with E-state index in [1.165, 1.54) is 37.7 Å². The molecular formula is C39H36N4. The third-order valence-electron chi connectivity index (χ3n) is 9.54. The Hall–Kier alpha value is -4.62. The molecule has 7 rings (SSSR count). The number of fused-ring (bicyclic) bond motifs is 2. The first-order valence-corrected chi connectivity index (χ1v) is 15.5. The average molecular weight is 561 g/mol. The molecule has 4 atom stereocenters. The monoisotopic (exact) mass is 560 g/mol. The Kier molecular flexibility index (Phi) is 7.11. The fourth-order valence-corrected chi connectivity index (χ4v) is 8.02. The van der Waals surface area contributed by atoms with Crippen LogP contribution >= 0.6 is 0 Å². The largest absolute Gasteiger partial charge is 0.208 e. The van der Waals surface area contributed by atoms with E-state index in [2.05, 4.69) is 50.2 Å². The van der Waals surface area contributed by atoms with E-state index in [4.69, 9.17) is 15.0 Å². The Labute approximate surface area is 254 Å². The molecule has 2 unspecified atom stereocenters. The first kappa shape index (κ1) is 27.2. The molecule has 43 heavy (non-hydrogen) atoms. The van der Waals surface area contributed by atoms with Crippen LogP contribution < -0.4 is 0 Å². The van der Waals surface area contributed by atoms with Crippen LogP contribution in [0.15, 0.2) is 103 Å². The molecule has 1 aromatic heterocycles. The van der Waals surface area contributed by atoms with E-state index in [0.29, 0.717) is 23.0 Å². The van der Waals surface area contributed by atoms with Crippen LogP contribution in [0.4, 0.5) is 0 Å². The zero-order valence-electron chi connectivity index (χ0n) is 24.9. The highest BCUT2D eigenvalue weighted by atomic mass is 15.0. The van der Waals surface area contributed by atoms with Gasteiger partial charge in [-0.25, -0.2) is 15.0 Å². The summed E-state index contributed by atoms with van der Waals surface area (Å²) in [7, 11) is 0. The molecular weight excluding hydrogens is 524 g/mol. The van der Waals surface area contributed by atoms with Gasteiger partial charge in [0.05, 0.1) is 11.6 Å². The second-order valence-electron chi connectivity index (χ2n) is 12.9. The van der Waals surface area contributed by atoms with Gasteiger partial charge in [-0.15, -0.1) is 0 Å². The van der Waals surface area contributed by atoms with Gasteiger partial charge in [0, 0.05) is 22.3 Å². The van der Waals surface area contributed by atoms with E-state index in [9.17, 15) is 5.26 Å². The number of nitrogens with zero attached hydrogens (tertiary/aromatic N) is 4. The molecule has 5 aromatic rings. The highest BCUT2D eigenvalue weighted by molar-refractivity contribution is 5.77. The van der Waals surface area contributed by atoms with Gasteiger partial charge in [-0.05, 0) is 84.6 Å². The number of nitriles is 1. The lowest BCUT2D eigenvalue weighted by molar-refractivity contribution is 0.0780. The first-order valence-electron chi connectivity index (χ1n) is 15.5. The van der Waals surface area contributed by atoms with Crippen molar-refractivity contribution in [3.8, 4) is 51.4 Å². The number of hydrogen-bond acceptors (Lipinski definition) is 4. The van der Waals surface area contributed by atoms with Crippen LogP contribution in [0.1, 0.15) is 57.1 Å². The van der Waals surface area contributed by atoms with Crippen molar-refractivity contribution in [2.75, 3.05) is 0 Å². The predicted octanol–water partition coefficient (Wildman–Crippen LogP) is 9.52. The molecule has 4 heteroatoms. The van der Waals surface area contributed by atoms with Crippen LogP contribution in [-0.2, 0) is 5.41 Å².